The molecule has 0 saturated carbocycles. The number of aliphatic hydroxyl groups excluding tert-OH is 1. The number of phenolic OH excluding ortho intramolecular Hbond substituents is 1. The minimum atomic E-state index is -0.832. The van der Waals surface area contributed by atoms with E-state index in [1.54, 1.807) is 23.5 Å². The van der Waals surface area contributed by atoms with Gasteiger partial charge >= 0.3 is 0 Å². The Morgan fingerprint density at radius 2 is 1.79 bits per heavy atom. The molecule has 4 N–H and O–H groups in total. The van der Waals surface area contributed by atoms with Gasteiger partial charge in [-0.2, -0.15) is 0 Å². The molecule has 0 radical (unpaired) electrons. The Morgan fingerprint density at radius 3 is 2.50 bits per heavy atom. The summed E-state index contributed by atoms with van der Waals surface area (Å²) in [4.78, 5) is 43.1. The van der Waals surface area contributed by atoms with E-state index in [-0.39, 0.29) is 36.4 Å². The standard InChI is InChI=1S/C43H49N9O5S/c1-25(2)38(42(56)52-23-31(53)20-34(52)41(55)46-43(4,5)29-12-10-27(11-13-29)39-26(3)44-24-58-39)36-21-37(49-57-36)51-16-14-50(15-17-51)22-30-18-28-19-33(47-48-40(28)45-30)32-8-6-7-9-35(32)54/h6-13,18-19,21,24-25,31,34,38,53-54H,14-17,20,22-23H2,1-5H3,(H,45,48)(H,46,55)/t31-,34+,38-/m1/s1. The number of rotatable bonds is 11. The van der Waals surface area contributed by atoms with Gasteiger partial charge in [0.25, 0.3) is 0 Å². The summed E-state index contributed by atoms with van der Waals surface area (Å²) in [7, 11) is 0. The fourth-order valence-electron chi connectivity index (χ4n) is 8.15. The number of β-amino-alcohol motifs (C(OH)–C–C–N with tert-alkyl or cyclic N) is 1. The summed E-state index contributed by atoms with van der Waals surface area (Å²) in [5.74, 6) is -0.145. The maximum Gasteiger partial charge on any atom is 0.243 e. The summed E-state index contributed by atoms with van der Waals surface area (Å²) < 4.78 is 5.88. The van der Waals surface area contributed by atoms with Crippen LogP contribution in [0.2, 0.25) is 0 Å². The number of amides is 2. The molecule has 2 aliphatic heterocycles. The fourth-order valence-corrected chi connectivity index (χ4v) is 8.96. The number of aliphatic hydroxyl groups is 1. The number of piperazine rings is 1. The Kier molecular flexibility index (Phi) is 10.8. The van der Waals surface area contributed by atoms with E-state index in [1.165, 1.54) is 4.90 Å². The summed E-state index contributed by atoms with van der Waals surface area (Å²) in [5, 5.41) is 38.2. The number of aromatic amines is 1. The first-order valence-electron chi connectivity index (χ1n) is 19.7. The van der Waals surface area contributed by atoms with Gasteiger partial charge in [-0.3, -0.25) is 14.5 Å². The molecule has 6 aromatic rings. The molecule has 302 valence electrons. The third-order valence-electron chi connectivity index (χ3n) is 11.4. The van der Waals surface area contributed by atoms with Crippen molar-refractivity contribution in [2.24, 2.45) is 5.92 Å². The number of thiazole rings is 1. The van der Waals surface area contributed by atoms with Gasteiger partial charge in [-0.05, 0) is 62.1 Å². The maximum absolute atomic E-state index is 14.3. The van der Waals surface area contributed by atoms with Crippen molar-refractivity contribution in [3.05, 3.63) is 95.0 Å². The van der Waals surface area contributed by atoms with E-state index in [0.717, 1.165) is 45.9 Å². The van der Waals surface area contributed by atoms with Gasteiger partial charge in [0, 0.05) is 68.4 Å². The Balaban J connectivity index is 0.895. The van der Waals surface area contributed by atoms with Crippen LogP contribution >= 0.6 is 11.3 Å². The van der Waals surface area contributed by atoms with Crippen molar-refractivity contribution in [2.45, 2.75) is 71.2 Å². The number of anilines is 1. The average Bonchev–Trinajstić information content (AvgIpc) is 4.02. The summed E-state index contributed by atoms with van der Waals surface area (Å²) in [5.41, 5.74) is 7.04. The molecular formula is C43H49N9O5S. The fraction of sp³-hybridized carbons (Fsp3) is 0.395. The Bertz CT molecular complexity index is 2410. The molecule has 0 spiro atoms. The lowest BCUT2D eigenvalue weighted by atomic mass is 9.91. The Hall–Kier alpha value is -5.64. The molecule has 2 fully saturated rings. The summed E-state index contributed by atoms with van der Waals surface area (Å²) in [6.45, 7) is 13.5. The quantitative estimate of drug-likeness (QED) is 0.124. The number of aryl methyl sites for hydroxylation is 1. The Labute approximate surface area is 340 Å². The minimum absolute atomic E-state index is 0.0626. The number of hydrogen-bond donors (Lipinski definition) is 4. The maximum atomic E-state index is 14.3. The summed E-state index contributed by atoms with van der Waals surface area (Å²) in [6, 6.07) is 20.2. The highest BCUT2D eigenvalue weighted by molar-refractivity contribution is 7.13. The van der Waals surface area contributed by atoms with Crippen molar-refractivity contribution in [1.82, 2.24) is 40.4 Å². The van der Waals surface area contributed by atoms with E-state index < -0.39 is 23.6 Å². The van der Waals surface area contributed by atoms with Crippen LogP contribution in [0, 0.1) is 12.8 Å². The van der Waals surface area contributed by atoms with Crippen molar-refractivity contribution >= 4 is 40.0 Å². The van der Waals surface area contributed by atoms with Gasteiger partial charge in [0.1, 0.15) is 17.7 Å². The number of para-hydroxylation sites is 1. The molecule has 15 heteroatoms. The molecule has 8 rings (SSSR count). The number of phenols is 1. The predicted molar refractivity (Wildman–Crippen MR) is 222 cm³/mol. The normalized spacial score (nSPS) is 18.3. The van der Waals surface area contributed by atoms with Gasteiger partial charge in [0.2, 0.25) is 11.8 Å². The van der Waals surface area contributed by atoms with Crippen LogP contribution in [-0.2, 0) is 21.7 Å². The molecule has 4 aromatic heterocycles. The summed E-state index contributed by atoms with van der Waals surface area (Å²) >= 11 is 1.59. The Morgan fingerprint density at radius 1 is 1.03 bits per heavy atom. The number of nitrogens with one attached hydrogen (secondary N) is 2. The van der Waals surface area contributed by atoms with Gasteiger partial charge in [0.05, 0.1) is 33.4 Å². The lowest BCUT2D eigenvalue weighted by molar-refractivity contribution is -0.141. The number of H-pyrrole nitrogens is 1. The zero-order valence-corrected chi connectivity index (χ0v) is 34.2. The van der Waals surface area contributed by atoms with E-state index in [4.69, 9.17) is 4.52 Å². The highest BCUT2D eigenvalue weighted by Crippen LogP contribution is 2.35. The van der Waals surface area contributed by atoms with E-state index in [2.05, 4.69) is 46.5 Å². The number of aromatic nitrogens is 5. The monoisotopic (exact) mass is 803 g/mol. The predicted octanol–water partition coefficient (Wildman–Crippen LogP) is 5.83. The highest BCUT2D eigenvalue weighted by atomic mass is 32.1. The number of likely N-dealkylation sites (tertiary alicyclic amines) is 1. The molecule has 2 amide bonds. The lowest BCUT2D eigenvalue weighted by Crippen LogP contribution is -2.52. The first-order valence-corrected chi connectivity index (χ1v) is 20.6. The first kappa shape index (κ1) is 39.2. The van der Waals surface area contributed by atoms with Gasteiger partial charge in [-0.15, -0.1) is 21.5 Å². The van der Waals surface area contributed by atoms with Crippen molar-refractivity contribution in [2.75, 3.05) is 37.6 Å². The second kappa shape index (κ2) is 16.0. The molecule has 6 heterocycles. The molecule has 2 aromatic carbocycles. The third kappa shape index (κ3) is 7.93. The molecule has 2 saturated heterocycles. The molecule has 3 atom stereocenters. The van der Waals surface area contributed by atoms with E-state index in [1.807, 2.05) is 88.7 Å². The van der Waals surface area contributed by atoms with Crippen molar-refractivity contribution in [1.29, 1.82) is 0 Å². The summed E-state index contributed by atoms with van der Waals surface area (Å²) in [6.07, 6.45) is -0.670. The van der Waals surface area contributed by atoms with Crippen LogP contribution in [0.4, 0.5) is 5.82 Å². The molecule has 2 aliphatic rings. The lowest BCUT2D eigenvalue weighted by Gasteiger charge is -2.34. The van der Waals surface area contributed by atoms with Crippen LogP contribution in [0.3, 0.4) is 0 Å². The van der Waals surface area contributed by atoms with Crippen molar-refractivity contribution in [3.63, 3.8) is 0 Å². The van der Waals surface area contributed by atoms with Gasteiger partial charge in [0.15, 0.2) is 17.2 Å². The number of carbonyl (C=O) groups excluding carboxylic acids is 2. The topological polar surface area (TPSA) is 177 Å². The van der Waals surface area contributed by atoms with Crippen molar-refractivity contribution < 1.29 is 24.3 Å². The van der Waals surface area contributed by atoms with E-state index in [0.29, 0.717) is 48.1 Å². The second-order valence-corrected chi connectivity index (χ2v) is 17.1. The van der Waals surface area contributed by atoms with Crippen molar-refractivity contribution in [3.8, 4) is 27.4 Å². The number of hydrogen-bond acceptors (Lipinski definition) is 12. The van der Waals surface area contributed by atoms with Crippen LogP contribution < -0.4 is 10.2 Å². The molecule has 58 heavy (non-hydrogen) atoms. The number of carbonyl (C=O) groups is 2. The molecular weight excluding hydrogens is 755 g/mol. The van der Waals surface area contributed by atoms with Crippen LogP contribution in [0.1, 0.15) is 62.7 Å². The number of nitrogens with zero attached hydrogens (tertiary/aromatic N) is 7. The number of benzene rings is 2. The third-order valence-corrected chi connectivity index (χ3v) is 12.3. The van der Waals surface area contributed by atoms with Crippen LogP contribution in [0.5, 0.6) is 5.75 Å². The van der Waals surface area contributed by atoms with Gasteiger partial charge < -0.3 is 34.8 Å². The molecule has 0 unspecified atom stereocenters. The van der Waals surface area contributed by atoms with Gasteiger partial charge in [-0.25, -0.2) is 4.98 Å². The molecule has 14 nitrogen and oxygen atoms in total. The first-order chi connectivity index (χ1) is 27.8. The zero-order valence-electron chi connectivity index (χ0n) is 33.3. The SMILES string of the molecule is Cc1ncsc1-c1ccc(C(C)(C)NC(=O)[C@@H]2C[C@@H](O)CN2C(=O)[C@@H](c2cc(N3CCN(Cc4cc5cc(-c6ccccc6O)nnc5[nH]4)CC3)no2)C(C)C)cc1. The zero-order chi connectivity index (χ0) is 40.7. The highest BCUT2D eigenvalue weighted by Gasteiger charge is 2.44. The number of aromatic hydroxyl groups is 1. The van der Waals surface area contributed by atoms with E-state index >= 15 is 0 Å². The molecule has 0 bridgehead atoms. The average molecular weight is 804 g/mol. The van der Waals surface area contributed by atoms with Crippen LogP contribution in [-0.4, -0.2) is 102 Å². The second-order valence-electron chi connectivity index (χ2n) is 16.3. The largest absolute Gasteiger partial charge is 0.507 e. The smallest absolute Gasteiger partial charge is 0.243 e. The van der Waals surface area contributed by atoms with E-state index in [9.17, 15) is 19.8 Å². The molecule has 0 aliphatic carbocycles. The number of fused-ring (bicyclic) bond motifs is 1. The van der Waals surface area contributed by atoms with Crippen LogP contribution in [0.25, 0.3) is 32.7 Å². The van der Waals surface area contributed by atoms with Gasteiger partial charge in [-0.1, -0.05) is 55.4 Å². The van der Waals surface area contributed by atoms with Crippen LogP contribution in [0.15, 0.2) is 76.8 Å². The minimum Gasteiger partial charge on any atom is -0.507 e.